The smallest absolute Gasteiger partial charge is 0.244 e. The van der Waals surface area contributed by atoms with E-state index in [-0.39, 0.29) is 18.9 Å². The number of amides is 2. The van der Waals surface area contributed by atoms with Gasteiger partial charge in [-0.25, -0.2) is 8.42 Å². The lowest BCUT2D eigenvalue weighted by molar-refractivity contribution is -0.140. The van der Waals surface area contributed by atoms with Gasteiger partial charge >= 0.3 is 0 Å². The number of nitrogens with one attached hydrogen (secondary N) is 1. The van der Waals surface area contributed by atoms with Crippen LogP contribution in [0.1, 0.15) is 36.5 Å². The van der Waals surface area contributed by atoms with Crippen LogP contribution in [0.15, 0.2) is 72.8 Å². The van der Waals surface area contributed by atoms with Crippen molar-refractivity contribution in [1.82, 2.24) is 10.2 Å². The zero-order valence-electron chi connectivity index (χ0n) is 22.9. The standard InChI is InChI=1S/C30H35Cl2N3O4S/c1-4-5-17-33-30(37)28(18-23-11-7-6-8-12-23)34(20-24-13-9-10-14-26(24)32)29(36)21-35(40(3,38)39)27-19-25(31)16-15-22(27)2/h6-16,19,28H,4-5,17-18,20-21H2,1-3H3,(H,33,37)/t28-/m0/s1. The van der Waals surface area contributed by atoms with Gasteiger partial charge in [-0.1, -0.05) is 91.1 Å². The Morgan fingerprint density at radius 3 is 2.30 bits per heavy atom. The van der Waals surface area contributed by atoms with Gasteiger partial charge in [0.05, 0.1) is 11.9 Å². The number of benzene rings is 3. The molecule has 214 valence electrons. The van der Waals surface area contributed by atoms with E-state index in [1.165, 1.54) is 11.0 Å². The van der Waals surface area contributed by atoms with E-state index in [9.17, 15) is 18.0 Å². The number of unbranched alkanes of at least 4 members (excludes halogenated alkanes) is 1. The summed E-state index contributed by atoms with van der Waals surface area (Å²) in [5, 5.41) is 3.74. The summed E-state index contributed by atoms with van der Waals surface area (Å²) < 4.78 is 26.9. The molecule has 0 saturated carbocycles. The quantitative estimate of drug-likeness (QED) is 0.257. The maximum Gasteiger partial charge on any atom is 0.244 e. The van der Waals surface area contributed by atoms with Crippen molar-refractivity contribution in [1.29, 1.82) is 0 Å². The van der Waals surface area contributed by atoms with Crippen molar-refractivity contribution >= 4 is 50.7 Å². The molecule has 0 aromatic heterocycles. The summed E-state index contributed by atoms with van der Waals surface area (Å²) in [7, 11) is -3.89. The van der Waals surface area contributed by atoms with Crippen LogP contribution in [-0.2, 0) is 32.6 Å². The molecule has 0 bridgehead atoms. The Kier molecular flexibility index (Phi) is 11.4. The monoisotopic (exact) mass is 603 g/mol. The number of aryl methyl sites for hydroxylation is 1. The van der Waals surface area contributed by atoms with E-state index in [2.05, 4.69) is 5.32 Å². The molecule has 0 saturated heterocycles. The number of carbonyl (C=O) groups is 2. The number of rotatable bonds is 13. The van der Waals surface area contributed by atoms with Crippen molar-refractivity contribution in [2.24, 2.45) is 0 Å². The predicted octanol–water partition coefficient (Wildman–Crippen LogP) is 5.62. The molecule has 7 nitrogen and oxygen atoms in total. The predicted molar refractivity (Wildman–Crippen MR) is 162 cm³/mol. The van der Waals surface area contributed by atoms with Gasteiger partial charge in [-0.2, -0.15) is 0 Å². The van der Waals surface area contributed by atoms with Crippen LogP contribution < -0.4 is 9.62 Å². The maximum absolute atomic E-state index is 14.1. The van der Waals surface area contributed by atoms with Gasteiger partial charge in [-0.15, -0.1) is 0 Å². The Hall–Kier alpha value is -3.07. The fourth-order valence-corrected chi connectivity index (χ4v) is 5.58. The summed E-state index contributed by atoms with van der Waals surface area (Å²) in [5.41, 5.74) is 2.44. The van der Waals surface area contributed by atoms with Crippen LogP contribution in [0.2, 0.25) is 10.0 Å². The van der Waals surface area contributed by atoms with E-state index in [0.29, 0.717) is 33.4 Å². The molecule has 0 aliphatic rings. The highest BCUT2D eigenvalue weighted by molar-refractivity contribution is 7.92. The van der Waals surface area contributed by atoms with Crippen molar-refractivity contribution in [3.8, 4) is 0 Å². The second kappa shape index (κ2) is 14.5. The van der Waals surface area contributed by atoms with E-state index in [1.807, 2.05) is 37.3 Å². The molecular weight excluding hydrogens is 569 g/mol. The van der Waals surface area contributed by atoms with Gasteiger partial charge in [0.2, 0.25) is 21.8 Å². The summed E-state index contributed by atoms with van der Waals surface area (Å²) in [6.45, 7) is 3.74. The van der Waals surface area contributed by atoms with E-state index >= 15 is 0 Å². The Bertz CT molecular complexity index is 1420. The fourth-order valence-electron chi connectivity index (χ4n) is 4.32. The van der Waals surface area contributed by atoms with Gasteiger partial charge in [-0.05, 0) is 48.2 Å². The van der Waals surface area contributed by atoms with E-state index in [1.54, 1.807) is 43.3 Å². The van der Waals surface area contributed by atoms with Crippen molar-refractivity contribution in [3.63, 3.8) is 0 Å². The molecule has 40 heavy (non-hydrogen) atoms. The lowest BCUT2D eigenvalue weighted by atomic mass is 10.0. The number of hydrogen-bond acceptors (Lipinski definition) is 4. The summed E-state index contributed by atoms with van der Waals surface area (Å²) in [6.07, 6.45) is 2.97. The largest absolute Gasteiger partial charge is 0.354 e. The van der Waals surface area contributed by atoms with Crippen molar-refractivity contribution < 1.29 is 18.0 Å². The molecule has 0 radical (unpaired) electrons. The van der Waals surface area contributed by atoms with Crippen LogP contribution >= 0.6 is 23.2 Å². The van der Waals surface area contributed by atoms with Gasteiger partial charge in [-0.3, -0.25) is 13.9 Å². The molecule has 3 rings (SSSR count). The van der Waals surface area contributed by atoms with E-state index < -0.39 is 28.5 Å². The molecule has 0 aliphatic heterocycles. The average Bonchev–Trinajstić information content (AvgIpc) is 2.91. The lowest BCUT2D eigenvalue weighted by Crippen LogP contribution is -2.53. The SMILES string of the molecule is CCCCNC(=O)[C@H](Cc1ccccc1)N(Cc1ccccc1Cl)C(=O)CN(c1cc(Cl)ccc1C)S(C)(=O)=O. The van der Waals surface area contributed by atoms with Crippen LogP contribution in [0.3, 0.4) is 0 Å². The third-order valence-electron chi connectivity index (χ3n) is 6.52. The minimum Gasteiger partial charge on any atom is -0.354 e. The number of anilines is 1. The van der Waals surface area contributed by atoms with Crippen LogP contribution in [0.5, 0.6) is 0 Å². The van der Waals surface area contributed by atoms with Crippen molar-refractivity contribution in [3.05, 3.63) is 99.5 Å². The third-order valence-corrected chi connectivity index (χ3v) is 8.25. The highest BCUT2D eigenvalue weighted by Crippen LogP contribution is 2.27. The fraction of sp³-hybridized carbons (Fsp3) is 0.333. The highest BCUT2D eigenvalue weighted by atomic mass is 35.5. The second-order valence-corrected chi connectivity index (χ2v) is 12.4. The van der Waals surface area contributed by atoms with Gasteiger partial charge in [0.25, 0.3) is 0 Å². The number of carbonyl (C=O) groups excluding carboxylic acids is 2. The van der Waals surface area contributed by atoms with Gasteiger partial charge < -0.3 is 10.2 Å². The van der Waals surface area contributed by atoms with Gasteiger partial charge in [0.15, 0.2) is 0 Å². The zero-order chi connectivity index (χ0) is 29.3. The number of sulfonamides is 1. The van der Waals surface area contributed by atoms with E-state index in [4.69, 9.17) is 23.2 Å². The molecule has 1 atom stereocenters. The molecule has 0 heterocycles. The molecule has 1 N–H and O–H groups in total. The Labute approximate surface area is 247 Å². The van der Waals surface area contributed by atoms with Crippen molar-refractivity contribution in [2.45, 2.75) is 45.7 Å². The summed E-state index contributed by atoms with van der Waals surface area (Å²) >= 11 is 12.7. The lowest BCUT2D eigenvalue weighted by Gasteiger charge is -2.34. The van der Waals surface area contributed by atoms with Crippen LogP contribution in [0.4, 0.5) is 5.69 Å². The molecule has 10 heteroatoms. The molecule has 0 spiro atoms. The highest BCUT2D eigenvalue weighted by Gasteiger charge is 2.33. The third kappa shape index (κ3) is 8.71. The maximum atomic E-state index is 14.1. The molecule has 0 aliphatic carbocycles. The molecule has 3 aromatic rings. The number of halogens is 2. The minimum atomic E-state index is -3.89. The second-order valence-electron chi connectivity index (χ2n) is 9.66. The zero-order valence-corrected chi connectivity index (χ0v) is 25.3. The number of hydrogen-bond donors (Lipinski definition) is 1. The first-order valence-corrected chi connectivity index (χ1v) is 15.7. The Morgan fingerprint density at radius 2 is 1.65 bits per heavy atom. The average molecular weight is 605 g/mol. The van der Waals surface area contributed by atoms with Gasteiger partial charge in [0, 0.05) is 29.6 Å². The molecule has 0 unspecified atom stereocenters. The first-order chi connectivity index (χ1) is 19.0. The Balaban J connectivity index is 2.07. The summed E-state index contributed by atoms with van der Waals surface area (Å²) in [4.78, 5) is 29.1. The van der Waals surface area contributed by atoms with Crippen LogP contribution in [-0.4, -0.2) is 50.5 Å². The summed E-state index contributed by atoms with van der Waals surface area (Å²) in [5.74, 6) is -0.862. The van der Waals surface area contributed by atoms with E-state index in [0.717, 1.165) is 29.0 Å². The van der Waals surface area contributed by atoms with Gasteiger partial charge in [0.1, 0.15) is 12.6 Å². The first-order valence-electron chi connectivity index (χ1n) is 13.1. The van der Waals surface area contributed by atoms with Crippen LogP contribution in [0, 0.1) is 6.92 Å². The summed E-state index contributed by atoms with van der Waals surface area (Å²) in [6, 6.07) is 20.4. The van der Waals surface area contributed by atoms with Crippen LogP contribution in [0.25, 0.3) is 0 Å². The molecule has 0 fully saturated rings. The van der Waals surface area contributed by atoms with Crippen molar-refractivity contribution in [2.75, 3.05) is 23.7 Å². The number of nitrogens with zero attached hydrogens (tertiary/aromatic N) is 2. The Morgan fingerprint density at radius 1 is 0.975 bits per heavy atom. The topological polar surface area (TPSA) is 86.8 Å². The molecular formula is C30H35Cl2N3O4S. The normalized spacial score (nSPS) is 12.0. The molecule has 2 amide bonds. The molecule has 3 aromatic carbocycles. The minimum absolute atomic E-state index is 0.0172. The first kappa shape index (κ1) is 31.5.